The molecule has 0 radical (unpaired) electrons. The molecule has 0 saturated carbocycles. The highest BCUT2D eigenvalue weighted by Gasteiger charge is 2.17. The van der Waals surface area contributed by atoms with Gasteiger partial charge in [-0.3, -0.25) is 4.98 Å². The third-order valence-corrected chi connectivity index (χ3v) is 7.11. The van der Waals surface area contributed by atoms with Crippen LogP contribution in [0.1, 0.15) is 0 Å². The second-order valence-corrected chi connectivity index (χ2v) is 9.16. The van der Waals surface area contributed by atoms with Crippen LogP contribution in [0.25, 0.3) is 65.8 Å². The van der Waals surface area contributed by atoms with Crippen LogP contribution in [-0.2, 0) is 0 Å². The largest absolute Gasteiger partial charge is 0.256 e. The number of rotatable bonds is 3. The van der Waals surface area contributed by atoms with Crippen LogP contribution in [0.5, 0.6) is 0 Å². The molecule has 7 aromatic rings. The lowest BCUT2D eigenvalue weighted by molar-refractivity contribution is 1.41. The zero-order valence-electron chi connectivity index (χ0n) is 19.7. The van der Waals surface area contributed by atoms with E-state index in [9.17, 15) is 0 Å². The van der Waals surface area contributed by atoms with E-state index in [4.69, 9.17) is 0 Å². The second-order valence-electron chi connectivity index (χ2n) is 9.16. The van der Waals surface area contributed by atoms with Gasteiger partial charge in [-0.15, -0.1) is 0 Å². The van der Waals surface area contributed by atoms with Crippen LogP contribution >= 0.6 is 0 Å². The molecule has 6 aromatic carbocycles. The van der Waals surface area contributed by atoms with Gasteiger partial charge in [0.05, 0.1) is 5.52 Å². The molecule has 1 heterocycles. The molecule has 168 valence electrons. The summed E-state index contributed by atoms with van der Waals surface area (Å²) >= 11 is 0. The van der Waals surface area contributed by atoms with Gasteiger partial charge in [0.15, 0.2) is 0 Å². The van der Waals surface area contributed by atoms with Gasteiger partial charge in [0, 0.05) is 11.6 Å². The average Bonchev–Trinajstić information content (AvgIpc) is 2.96. The summed E-state index contributed by atoms with van der Waals surface area (Å²) in [6.45, 7) is 0. The Labute approximate surface area is 210 Å². The molecule has 1 nitrogen and oxygen atoms in total. The van der Waals surface area contributed by atoms with E-state index in [1.807, 2.05) is 12.3 Å². The number of benzene rings is 6. The molecule has 0 aliphatic heterocycles. The Bertz CT molecular complexity index is 1860. The summed E-state index contributed by atoms with van der Waals surface area (Å²) in [5.74, 6) is 0. The van der Waals surface area contributed by atoms with E-state index in [-0.39, 0.29) is 0 Å². The summed E-state index contributed by atoms with van der Waals surface area (Å²) in [6, 6.07) is 47.8. The third-order valence-electron chi connectivity index (χ3n) is 7.11. The van der Waals surface area contributed by atoms with E-state index in [2.05, 4.69) is 132 Å². The van der Waals surface area contributed by atoms with Crippen molar-refractivity contribution in [3.05, 3.63) is 140 Å². The van der Waals surface area contributed by atoms with Gasteiger partial charge in [0.1, 0.15) is 0 Å². The quantitative estimate of drug-likeness (QED) is 0.241. The van der Waals surface area contributed by atoms with Gasteiger partial charge < -0.3 is 0 Å². The van der Waals surface area contributed by atoms with Crippen molar-refractivity contribution in [2.45, 2.75) is 0 Å². The molecule has 0 atom stereocenters. The van der Waals surface area contributed by atoms with Gasteiger partial charge in [0.2, 0.25) is 0 Å². The smallest absolute Gasteiger partial charge is 0.0708 e. The van der Waals surface area contributed by atoms with E-state index in [0.29, 0.717) is 0 Å². The summed E-state index contributed by atoms with van der Waals surface area (Å²) in [5, 5.41) is 6.24. The molecular formula is C35H23N. The summed E-state index contributed by atoms with van der Waals surface area (Å²) in [5.41, 5.74) is 8.45. The van der Waals surface area contributed by atoms with Gasteiger partial charge in [-0.05, 0) is 73.1 Å². The highest BCUT2D eigenvalue weighted by Crippen LogP contribution is 2.45. The van der Waals surface area contributed by atoms with E-state index >= 15 is 0 Å². The Morgan fingerprint density at radius 1 is 0.361 bits per heavy atom. The van der Waals surface area contributed by atoms with E-state index in [1.54, 1.807) is 0 Å². The fourth-order valence-corrected chi connectivity index (χ4v) is 5.53. The molecule has 0 bridgehead atoms. The minimum atomic E-state index is 1.02. The highest BCUT2D eigenvalue weighted by molar-refractivity contribution is 6.22. The lowest BCUT2D eigenvalue weighted by Crippen LogP contribution is -1.92. The first-order valence-corrected chi connectivity index (χ1v) is 12.3. The minimum Gasteiger partial charge on any atom is -0.256 e. The predicted molar refractivity (Wildman–Crippen MR) is 153 cm³/mol. The number of aromatic nitrogens is 1. The summed E-state index contributed by atoms with van der Waals surface area (Å²) in [7, 11) is 0. The maximum absolute atomic E-state index is 4.59. The first kappa shape index (κ1) is 20.6. The van der Waals surface area contributed by atoms with Gasteiger partial charge in [-0.25, -0.2) is 0 Å². The highest BCUT2D eigenvalue weighted by atomic mass is 14.6. The Hall–Kier alpha value is -4.75. The Balaban J connectivity index is 1.64. The fourth-order valence-electron chi connectivity index (χ4n) is 5.53. The molecule has 7 rings (SSSR count). The molecule has 0 spiro atoms. The Kier molecular flexibility index (Phi) is 4.85. The van der Waals surface area contributed by atoms with Crippen LogP contribution in [0.4, 0.5) is 0 Å². The molecule has 0 fully saturated rings. The maximum atomic E-state index is 4.59. The lowest BCUT2D eigenvalue weighted by Gasteiger charge is -2.19. The SMILES string of the molecule is c1ccc(-c2c3ccccc3c(-c3ccccc3)c3cc(-c4ccnc5ccccc45)ccc23)cc1. The molecule has 0 aliphatic rings. The minimum absolute atomic E-state index is 1.02. The van der Waals surface area contributed by atoms with Crippen LogP contribution in [0, 0.1) is 0 Å². The van der Waals surface area contributed by atoms with Crippen LogP contribution in [-0.4, -0.2) is 4.98 Å². The maximum Gasteiger partial charge on any atom is 0.0708 e. The normalized spacial score (nSPS) is 11.3. The predicted octanol–water partition coefficient (Wildman–Crippen LogP) is 9.54. The molecule has 36 heavy (non-hydrogen) atoms. The molecule has 0 aliphatic carbocycles. The molecule has 0 unspecified atom stereocenters. The number of hydrogen-bond donors (Lipinski definition) is 0. The number of nitrogens with zero attached hydrogens (tertiary/aromatic N) is 1. The average molecular weight is 458 g/mol. The van der Waals surface area contributed by atoms with Crippen molar-refractivity contribution in [1.29, 1.82) is 0 Å². The Morgan fingerprint density at radius 3 is 1.56 bits per heavy atom. The monoisotopic (exact) mass is 457 g/mol. The standard InChI is InChI=1S/C35H23N/c1-3-11-24(12-4-1)34-29-16-7-8-17-30(29)35(25-13-5-2-6-14-25)32-23-26(19-20-31(32)34)27-21-22-36-33-18-10-9-15-28(27)33/h1-23H. The van der Waals surface area contributed by atoms with Crippen LogP contribution in [0.15, 0.2) is 140 Å². The van der Waals surface area contributed by atoms with Crippen molar-refractivity contribution in [3.63, 3.8) is 0 Å². The molecule has 0 N–H and O–H groups in total. The van der Waals surface area contributed by atoms with Gasteiger partial charge >= 0.3 is 0 Å². The van der Waals surface area contributed by atoms with Crippen molar-refractivity contribution < 1.29 is 0 Å². The first-order valence-electron chi connectivity index (χ1n) is 12.3. The van der Waals surface area contributed by atoms with Crippen LogP contribution in [0.2, 0.25) is 0 Å². The topological polar surface area (TPSA) is 12.9 Å². The van der Waals surface area contributed by atoms with E-state index < -0.39 is 0 Å². The van der Waals surface area contributed by atoms with Gasteiger partial charge in [0.25, 0.3) is 0 Å². The van der Waals surface area contributed by atoms with Crippen LogP contribution in [0.3, 0.4) is 0 Å². The zero-order valence-corrected chi connectivity index (χ0v) is 19.7. The van der Waals surface area contributed by atoms with Gasteiger partial charge in [-0.2, -0.15) is 0 Å². The van der Waals surface area contributed by atoms with Gasteiger partial charge in [-0.1, -0.05) is 115 Å². The molecule has 0 saturated heterocycles. The summed E-state index contributed by atoms with van der Waals surface area (Å²) in [4.78, 5) is 4.59. The van der Waals surface area contributed by atoms with E-state index in [1.165, 1.54) is 60.3 Å². The van der Waals surface area contributed by atoms with Crippen molar-refractivity contribution in [3.8, 4) is 33.4 Å². The second kappa shape index (κ2) is 8.48. The van der Waals surface area contributed by atoms with Crippen molar-refractivity contribution in [2.24, 2.45) is 0 Å². The number of fused-ring (bicyclic) bond motifs is 3. The van der Waals surface area contributed by atoms with Crippen molar-refractivity contribution in [1.82, 2.24) is 4.98 Å². The van der Waals surface area contributed by atoms with Crippen molar-refractivity contribution >= 4 is 32.4 Å². The number of pyridine rings is 1. The number of para-hydroxylation sites is 1. The molecular weight excluding hydrogens is 434 g/mol. The zero-order chi connectivity index (χ0) is 23.9. The molecule has 0 amide bonds. The summed E-state index contributed by atoms with van der Waals surface area (Å²) in [6.07, 6.45) is 1.91. The number of hydrogen-bond acceptors (Lipinski definition) is 1. The summed E-state index contributed by atoms with van der Waals surface area (Å²) < 4.78 is 0. The first-order chi connectivity index (χ1) is 17.9. The fraction of sp³-hybridized carbons (Fsp3) is 0. The van der Waals surface area contributed by atoms with E-state index in [0.717, 1.165) is 5.52 Å². The molecule has 1 heteroatoms. The van der Waals surface area contributed by atoms with Crippen molar-refractivity contribution in [2.75, 3.05) is 0 Å². The lowest BCUT2D eigenvalue weighted by atomic mass is 9.84. The molecule has 1 aromatic heterocycles. The third kappa shape index (κ3) is 3.29. The van der Waals surface area contributed by atoms with Crippen LogP contribution < -0.4 is 0 Å². The Morgan fingerprint density at radius 2 is 0.889 bits per heavy atom.